The number of carbonyl (C=O) groups is 4. The lowest BCUT2D eigenvalue weighted by atomic mass is 9.65. The minimum Gasteiger partial charge on any atom is -0.491 e. The number of anilines is 2. The van der Waals surface area contributed by atoms with Crippen molar-refractivity contribution in [2.45, 2.75) is 36.2 Å². The van der Waals surface area contributed by atoms with Crippen molar-refractivity contribution in [1.82, 2.24) is 14.8 Å². The van der Waals surface area contributed by atoms with Crippen LogP contribution >= 0.6 is 11.3 Å². The maximum Gasteiger partial charge on any atom is 0.421 e. The molecule has 14 nitrogen and oxygen atoms in total. The van der Waals surface area contributed by atoms with Crippen molar-refractivity contribution in [1.29, 1.82) is 0 Å². The maximum absolute atomic E-state index is 16.5. The van der Waals surface area contributed by atoms with Crippen LogP contribution in [0.25, 0.3) is 10.2 Å². The number of hydrogen-bond acceptors (Lipinski definition) is 13. The summed E-state index contributed by atoms with van der Waals surface area (Å²) in [5, 5.41) is 12.9. The van der Waals surface area contributed by atoms with Crippen molar-refractivity contribution >= 4 is 56.2 Å². The normalized spacial score (nSPS) is 21.2. The third-order valence-electron chi connectivity index (χ3n) is 13.4. The van der Waals surface area contributed by atoms with Gasteiger partial charge >= 0.3 is 12.1 Å². The molecule has 364 valence electrons. The average molecular weight is 982 g/mol. The van der Waals surface area contributed by atoms with Crippen LogP contribution in [-0.4, -0.2) is 96.9 Å². The Bertz CT molecular complexity index is 3130. The molecular formula is C57H51N5O9S. The molecule has 7 aromatic rings. The Kier molecular flexibility index (Phi) is 13.9. The van der Waals surface area contributed by atoms with Gasteiger partial charge in [0, 0.05) is 19.2 Å². The number of esters is 1. The SMILES string of the molecule is COCCOC(=O)N1C(=O)[C@@]2(c3cc(C#CCN(C)Cc4ccccc4)ccc31)[C@H](C(=O)Nc1nc3ccccc3s1)[C@H]1C(=O)O[C@H](c3ccccc3)[C@H](c3ccccc3)N1[C@@H]2c1ccc(OCCO)cc1. The van der Waals surface area contributed by atoms with Crippen molar-refractivity contribution in [2.24, 2.45) is 5.92 Å². The summed E-state index contributed by atoms with van der Waals surface area (Å²) in [7, 11) is 3.45. The van der Waals surface area contributed by atoms with Crippen LogP contribution in [0.15, 0.2) is 158 Å². The zero-order chi connectivity index (χ0) is 49.8. The number of thiazole rings is 1. The topological polar surface area (TPSA) is 160 Å². The number of nitrogens with one attached hydrogen (secondary N) is 1. The summed E-state index contributed by atoms with van der Waals surface area (Å²) in [6.07, 6.45) is -1.91. The Morgan fingerprint density at radius 2 is 1.51 bits per heavy atom. The summed E-state index contributed by atoms with van der Waals surface area (Å²) < 4.78 is 24.2. The number of nitrogens with zero attached hydrogens (tertiary/aromatic N) is 4. The van der Waals surface area contributed by atoms with Crippen molar-refractivity contribution in [3.63, 3.8) is 0 Å². The largest absolute Gasteiger partial charge is 0.491 e. The smallest absolute Gasteiger partial charge is 0.421 e. The number of methoxy groups -OCH3 is 1. The average Bonchev–Trinajstić information content (AvgIpc) is 4.04. The summed E-state index contributed by atoms with van der Waals surface area (Å²) in [5.74, 6) is 3.26. The van der Waals surface area contributed by atoms with Gasteiger partial charge in [-0.15, -0.1) is 0 Å². The van der Waals surface area contributed by atoms with Gasteiger partial charge in [-0.25, -0.2) is 14.7 Å². The number of rotatable bonds is 14. The number of aliphatic hydroxyl groups is 1. The fourth-order valence-corrected chi connectivity index (χ4v) is 11.4. The number of carbonyl (C=O) groups excluding carboxylic acids is 4. The molecule has 2 N–H and O–H groups in total. The molecule has 3 amide bonds. The van der Waals surface area contributed by atoms with Crippen LogP contribution in [0.1, 0.15) is 51.6 Å². The summed E-state index contributed by atoms with van der Waals surface area (Å²) in [6.45, 7) is 0.766. The molecule has 4 heterocycles. The zero-order valence-corrected chi connectivity index (χ0v) is 40.4. The number of aliphatic hydroxyl groups excluding tert-OH is 1. The van der Waals surface area contributed by atoms with Gasteiger partial charge in [-0.3, -0.25) is 24.2 Å². The van der Waals surface area contributed by atoms with E-state index < -0.39 is 59.4 Å². The molecule has 0 saturated carbocycles. The standard InChI is InChI=1S/C57H51N5O9S/c1-60(36-38-15-6-3-7-16-38)30-14-17-37-24-29-45-43(35-37)57(54(66)61(45)56(67)70-34-33-68-2)47(52(64)59-55-58-44-22-12-13-23-46(44)72-55)49-53(65)71-50(40-20-10-5-11-21-40)48(39-18-8-4-9-19-39)62(49)51(57)41-25-27-42(28-26-41)69-32-31-63/h3-13,15-16,18-29,35,47-51,63H,30-34,36H2,1-2H3,(H,58,59,64)/t47-,48-,49-,50+,51+,57-/m0/s1. The van der Waals surface area contributed by atoms with E-state index in [4.69, 9.17) is 23.9 Å². The van der Waals surface area contributed by atoms with E-state index in [9.17, 15) is 9.90 Å². The van der Waals surface area contributed by atoms with Gasteiger partial charge in [-0.1, -0.05) is 138 Å². The quantitative estimate of drug-likeness (QED) is 0.0612. The fraction of sp³-hybridized carbons (Fsp3) is 0.246. The lowest BCUT2D eigenvalue weighted by Crippen LogP contribution is -2.54. The van der Waals surface area contributed by atoms with Crippen molar-refractivity contribution in [3.8, 4) is 17.6 Å². The second-order valence-electron chi connectivity index (χ2n) is 17.8. The van der Waals surface area contributed by atoms with Gasteiger partial charge in [0.1, 0.15) is 36.5 Å². The van der Waals surface area contributed by atoms with E-state index in [2.05, 4.69) is 34.2 Å². The van der Waals surface area contributed by atoms with Crippen molar-refractivity contribution in [3.05, 3.63) is 191 Å². The van der Waals surface area contributed by atoms with Crippen LogP contribution in [-0.2, 0) is 40.6 Å². The molecule has 1 spiro atoms. The summed E-state index contributed by atoms with van der Waals surface area (Å²) in [6, 6.07) is 45.2. The highest BCUT2D eigenvalue weighted by Crippen LogP contribution is 2.66. The molecule has 6 aromatic carbocycles. The number of cyclic esters (lactones) is 1. The number of hydrogen-bond donors (Lipinski definition) is 2. The highest BCUT2D eigenvalue weighted by Gasteiger charge is 2.76. The van der Waals surface area contributed by atoms with Crippen LogP contribution < -0.4 is 15.0 Å². The molecule has 15 heteroatoms. The van der Waals surface area contributed by atoms with Crippen LogP contribution in [0.3, 0.4) is 0 Å². The van der Waals surface area contributed by atoms with E-state index in [0.717, 1.165) is 20.7 Å². The number of fused-ring (bicyclic) bond motifs is 4. The van der Waals surface area contributed by atoms with Gasteiger partial charge < -0.3 is 29.4 Å². The molecule has 1 aromatic heterocycles. The lowest BCUT2D eigenvalue weighted by molar-refractivity contribution is -0.177. The predicted octanol–water partition coefficient (Wildman–Crippen LogP) is 8.24. The molecule has 72 heavy (non-hydrogen) atoms. The molecule has 2 saturated heterocycles. The van der Waals surface area contributed by atoms with Crippen molar-refractivity contribution < 1.29 is 43.2 Å². The molecule has 0 bridgehead atoms. The summed E-state index contributed by atoms with van der Waals surface area (Å²) in [5.41, 5.74) is 2.66. The first-order valence-corrected chi connectivity index (χ1v) is 24.5. The van der Waals surface area contributed by atoms with Crippen LogP contribution in [0, 0.1) is 17.8 Å². The predicted molar refractivity (Wildman–Crippen MR) is 272 cm³/mol. The van der Waals surface area contributed by atoms with Crippen LogP contribution in [0.5, 0.6) is 5.75 Å². The summed E-state index contributed by atoms with van der Waals surface area (Å²) in [4.78, 5) is 72.3. The first-order valence-electron chi connectivity index (χ1n) is 23.6. The number of amides is 3. The van der Waals surface area contributed by atoms with Gasteiger partial charge in [0.05, 0.1) is 53.7 Å². The second-order valence-corrected chi connectivity index (χ2v) is 18.9. The number of benzene rings is 6. The van der Waals surface area contributed by atoms with Gasteiger partial charge in [0.25, 0.3) is 0 Å². The van der Waals surface area contributed by atoms with E-state index in [1.54, 1.807) is 42.5 Å². The van der Waals surface area contributed by atoms with E-state index in [1.807, 2.05) is 115 Å². The molecule has 2 fully saturated rings. The second kappa shape index (κ2) is 20.9. The Hall–Kier alpha value is -7.71. The third kappa shape index (κ3) is 8.99. The van der Waals surface area contributed by atoms with E-state index in [1.165, 1.54) is 18.4 Å². The number of para-hydroxylation sites is 1. The van der Waals surface area contributed by atoms with Crippen LogP contribution in [0.4, 0.5) is 15.6 Å². The summed E-state index contributed by atoms with van der Waals surface area (Å²) >= 11 is 1.25. The maximum atomic E-state index is 16.5. The number of aromatic nitrogens is 1. The molecule has 10 rings (SSSR count). The monoisotopic (exact) mass is 981 g/mol. The Balaban J connectivity index is 1.22. The molecular weight excluding hydrogens is 931 g/mol. The Morgan fingerprint density at radius 1 is 0.819 bits per heavy atom. The Morgan fingerprint density at radius 3 is 2.22 bits per heavy atom. The minimum absolute atomic E-state index is 0.0352. The number of morpholine rings is 1. The van der Waals surface area contributed by atoms with Crippen molar-refractivity contribution in [2.75, 3.05) is 57.3 Å². The highest BCUT2D eigenvalue weighted by molar-refractivity contribution is 7.22. The molecule has 3 aliphatic rings. The number of imide groups is 1. The minimum atomic E-state index is -2.06. The Labute approximate surface area is 420 Å². The van der Waals surface area contributed by atoms with Gasteiger partial charge in [-0.2, -0.15) is 0 Å². The van der Waals surface area contributed by atoms with Gasteiger partial charge in [0.15, 0.2) is 5.13 Å². The number of ether oxygens (including phenoxy) is 4. The first kappa shape index (κ1) is 47.9. The van der Waals surface area contributed by atoms with Gasteiger partial charge in [0.2, 0.25) is 11.8 Å². The molecule has 0 radical (unpaired) electrons. The molecule has 6 atom stereocenters. The molecule has 3 aliphatic heterocycles. The van der Waals surface area contributed by atoms with Crippen LogP contribution in [0.2, 0.25) is 0 Å². The van der Waals surface area contributed by atoms with E-state index in [-0.39, 0.29) is 37.2 Å². The van der Waals surface area contributed by atoms with Gasteiger partial charge in [-0.05, 0) is 77.3 Å². The first-order chi connectivity index (χ1) is 35.2. The van der Waals surface area contributed by atoms with E-state index in [0.29, 0.717) is 46.6 Å². The van der Waals surface area contributed by atoms with E-state index >= 15 is 14.4 Å². The highest BCUT2D eigenvalue weighted by atomic mass is 32.1. The molecule has 0 unspecified atom stereocenters. The third-order valence-corrected chi connectivity index (χ3v) is 14.3. The fourth-order valence-electron chi connectivity index (χ4n) is 10.5. The lowest BCUT2D eigenvalue weighted by Gasteiger charge is -2.46. The molecule has 0 aliphatic carbocycles. The zero-order valence-electron chi connectivity index (χ0n) is 39.6.